The topological polar surface area (TPSA) is 55.4 Å². The van der Waals surface area contributed by atoms with Gasteiger partial charge in [0.05, 0.1) is 11.5 Å². The molecule has 88 valence electrons. The van der Waals surface area contributed by atoms with Gasteiger partial charge in [-0.2, -0.15) is 0 Å². The summed E-state index contributed by atoms with van der Waals surface area (Å²) >= 11 is 0. The van der Waals surface area contributed by atoms with Crippen molar-refractivity contribution < 1.29 is 13.2 Å². The molecule has 1 N–H and O–H groups in total. The molecule has 1 fully saturated rings. The molecule has 0 amide bonds. The summed E-state index contributed by atoms with van der Waals surface area (Å²) in [6.07, 6.45) is -0.178. The molecule has 1 aliphatic heterocycles. The molecule has 5 heteroatoms. The fourth-order valence-electron chi connectivity index (χ4n) is 1.72. The third-order valence-electron chi connectivity index (χ3n) is 2.51. The Morgan fingerprint density at radius 3 is 2.69 bits per heavy atom. The summed E-state index contributed by atoms with van der Waals surface area (Å²) in [6, 6.07) is 7.68. The van der Waals surface area contributed by atoms with Crippen molar-refractivity contribution in [2.45, 2.75) is 12.6 Å². The van der Waals surface area contributed by atoms with E-state index in [4.69, 9.17) is 4.74 Å². The molecule has 4 nitrogen and oxygen atoms in total. The number of para-hydroxylation sites is 1. The van der Waals surface area contributed by atoms with Gasteiger partial charge < -0.3 is 10.1 Å². The second-order valence-corrected chi connectivity index (χ2v) is 6.11. The van der Waals surface area contributed by atoms with Crippen LogP contribution in [-0.4, -0.2) is 33.1 Å². The smallest absolute Gasteiger partial charge is 0.157 e. The lowest BCUT2D eigenvalue weighted by Gasteiger charge is -2.27. The minimum Gasteiger partial charge on any atom is -0.488 e. The zero-order valence-corrected chi connectivity index (χ0v) is 9.96. The Bertz CT molecular complexity index is 458. The third-order valence-corrected chi connectivity index (χ3v) is 4.27. The van der Waals surface area contributed by atoms with Crippen LogP contribution in [0.5, 0.6) is 5.75 Å². The van der Waals surface area contributed by atoms with Crippen molar-refractivity contribution in [2.24, 2.45) is 0 Å². The highest BCUT2D eigenvalue weighted by Crippen LogP contribution is 2.23. The number of hydrogen-bond donors (Lipinski definition) is 1. The standard InChI is InChI=1S/C11H15NO3S/c1-12-6-9-4-2-3-5-11(9)15-10-7-16(13,14)8-10/h2-5,10,12H,6-8H2,1H3. The summed E-state index contributed by atoms with van der Waals surface area (Å²) in [6.45, 7) is 0.718. The highest BCUT2D eigenvalue weighted by Gasteiger charge is 2.35. The average Bonchev–Trinajstić information content (AvgIpc) is 2.18. The van der Waals surface area contributed by atoms with Gasteiger partial charge in [-0.25, -0.2) is 8.42 Å². The van der Waals surface area contributed by atoms with Crippen LogP contribution in [-0.2, 0) is 16.4 Å². The maximum atomic E-state index is 11.0. The van der Waals surface area contributed by atoms with Crippen LogP contribution in [0.4, 0.5) is 0 Å². The summed E-state index contributed by atoms with van der Waals surface area (Å²) < 4.78 is 27.7. The molecule has 0 aromatic heterocycles. The van der Waals surface area contributed by atoms with Crippen molar-refractivity contribution >= 4 is 9.84 Å². The van der Waals surface area contributed by atoms with Crippen molar-refractivity contribution in [3.8, 4) is 5.75 Å². The fraction of sp³-hybridized carbons (Fsp3) is 0.455. The SMILES string of the molecule is CNCc1ccccc1OC1CS(=O)(=O)C1. The first-order chi connectivity index (χ1) is 7.61. The Balaban J connectivity index is 2.04. The molecule has 1 aliphatic rings. The molecule has 0 atom stereocenters. The van der Waals surface area contributed by atoms with E-state index < -0.39 is 9.84 Å². The molecular formula is C11H15NO3S. The Hall–Kier alpha value is -1.07. The van der Waals surface area contributed by atoms with Crippen LogP contribution >= 0.6 is 0 Å². The lowest BCUT2D eigenvalue weighted by molar-refractivity contribution is 0.228. The van der Waals surface area contributed by atoms with Crippen LogP contribution in [0.3, 0.4) is 0 Å². The first-order valence-corrected chi connectivity index (χ1v) is 7.02. The van der Waals surface area contributed by atoms with Gasteiger partial charge in [-0.1, -0.05) is 18.2 Å². The molecule has 1 aromatic carbocycles. The lowest BCUT2D eigenvalue weighted by atomic mass is 10.2. The molecule has 2 rings (SSSR count). The van der Waals surface area contributed by atoms with Gasteiger partial charge in [-0.3, -0.25) is 0 Å². The predicted molar refractivity (Wildman–Crippen MR) is 62.3 cm³/mol. The normalized spacial score (nSPS) is 19.1. The summed E-state index contributed by atoms with van der Waals surface area (Å²) in [5.41, 5.74) is 1.05. The largest absolute Gasteiger partial charge is 0.488 e. The van der Waals surface area contributed by atoms with Crippen LogP contribution in [0.1, 0.15) is 5.56 Å². The summed E-state index contributed by atoms with van der Waals surface area (Å²) in [7, 11) is -0.951. The first-order valence-electron chi connectivity index (χ1n) is 5.20. The van der Waals surface area contributed by atoms with Gasteiger partial charge >= 0.3 is 0 Å². The Labute approximate surface area is 95.5 Å². The van der Waals surface area contributed by atoms with Crippen molar-refractivity contribution in [2.75, 3.05) is 18.6 Å². The van der Waals surface area contributed by atoms with Crippen molar-refractivity contribution in [3.63, 3.8) is 0 Å². The number of ether oxygens (including phenoxy) is 1. The zero-order chi connectivity index (χ0) is 11.6. The van der Waals surface area contributed by atoms with Crippen LogP contribution in [0.25, 0.3) is 0 Å². The van der Waals surface area contributed by atoms with E-state index >= 15 is 0 Å². The van der Waals surface area contributed by atoms with E-state index in [9.17, 15) is 8.42 Å². The van der Waals surface area contributed by atoms with E-state index in [2.05, 4.69) is 5.32 Å². The second kappa shape index (κ2) is 4.43. The zero-order valence-electron chi connectivity index (χ0n) is 9.14. The Kier molecular flexibility index (Phi) is 3.16. The number of hydrogen-bond acceptors (Lipinski definition) is 4. The van der Waals surface area contributed by atoms with E-state index in [1.807, 2.05) is 31.3 Å². The minimum atomic E-state index is -2.82. The fourth-order valence-corrected chi connectivity index (χ4v) is 2.89. The van der Waals surface area contributed by atoms with Gasteiger partial charge in [-0.15, -0.1) is 0 Å². The molecular weight excluding hydrogens is 226 g/mol. The van der Waals surface area contributed by atoms with Crippen LogP contribution < -0.4 is 10.1 Å². The van der Waals surface area contributed by atoms with E-state index in [0.717, 1.165) is 17.9 Å². The molecule has 0 radical (unpaired) electrons. The van der Waals surface area contributed by atoms with E-state index in [1.54, 1.807) is 0 Å². The first kappa shape index (κ1) is 11.4. The maximum Gasteiger partial charge on any atom is 0.157 e. The minimum absolute atomic E-state index is 0.140. The van der Waals surface area contributed by atoms with Crippen LogP contribution in [0, 0.1) is 0 Å². The van der Waals surface area contributed by atoms with Crippen LogP contribution in [0.2, 0.25) is 0 Å². The van der Waals surface area contributed by atoms with Gasteiger partial charge in [0.25, 0.3) is 0 Å². The van der Waals surface area contributed by atoms with Crippen LogP contribution in [0.15, 0.2) is 24.3 Å². The summed E-state index contributed by atoms with van der Waals surface area (Å²) in [5, 5.41) is 3.05. The summed E-state index contributed by atoms with van der Waals surface area (Å²) in [4.78, 5) is 0. The molecule has 0 spiro atoms. The third kappa shape index (κ3) is 2.54. The Morgan fingerprint density at radius 1 is 1.38 bits per heavy atom. The molecule has 0 bridgehead atoms. The van der Waals surface area contributed by atoms with Gasteiger partial charge in [0.2, 0.25) is 0 Å². The molecule has 0 unspecified atom stereocenters. The number of nitrogens with one attached hydrogen (secondary N) is 1. The quantitative estimate of drug-likeness (QED) is 0.838. The average molecular weight is 241 g/mol. The molecule has 16 heavy (non-hydrogen) atoms. The van der Waals surface area contributed by atoms with Gasteiger partial charge in [0.1, 0.15) is 11.9 Å². The van der Waals surface area contributed by atoms with Crippen molar-refractivity contribution in [1.82, 2.24) is 5.32 Å². The molecule has 0 saturated carbocycles. The monoisotopic (exact) mass is 241 g/mol. The van der Waals surface area contributed by atoms with Gasteiger partial charge in [0.15, 0.2) is 9.84 Å². The number of benzene rings is 1. The molecule has 1 aromatic rings. The van der Waals surface area contributed by atoms with Gasteiger partial charge in [0, 0.05) is 12.1 Å². The lowest BCUT2D eigenvalue weighted by Crippen LogP contribution is -2.45. The molecule has 1 saturated heterocycles. The molecule has 1 heterocycles. The predicted octanol–water partition coefficient (Wildman–Crippen LogP) is 0.582. The number of rotatable bonds is 4. The summed E-state index contributed by atoms with van der Waals surface area (Å²) in [5.74, 6) is 1.05. The van der Waals surface area contributed by atoms with Crippen molar-refractivity contribution in [1.29, 1.82) is 0 Å². The Morgan fingerprint density at radius 2 is 2.06 bits per heavy atom. The van der Waals surface area contributed by atoms with Crippen molar-refractivity contribution in [3.05, 3.63) is 29.8 Å². The molecule has 0 aliphatic carbocycles. The van der Waals surface area contributed by atoms with E-state index in [-0.39, 0.29) is 17.6 Å². The maximum absolute atomic E-state index is 11.0. The number of sulfone groups is 1. The highest BCUT2D eigenvalue weighted by molar-refractivity contribution is 7.92. The second-order valence-electron chi connectivity index (χ2n) is 3.95. The van der Waals surface area contributed by atoms with E-state index in [0.29, 0.717) is 0 Å². The highest BCUT2D eigenvalue weighted by atomic mass is 32.2. The van der Waals surface area contributed by atoms with E-state index in [1.165, 1.54) is 0 Å². The van der Waals surface area contributed by atoms with Gasteiger partial charge in [-0.05, 0) is 13.1 Å².